The van der Waals surface area contributed by atoms with Crippen molar-refractivity contribution in [3.05, 3.63) is 94.6 Å². The lowest BCUT2D eigenvalue weighted by Gasteiger charge is -2.16. The van der Waals surface area contributed by atoms with E-state index in [1.165, 1.54) is 24.3 Å². The molecule has 0 aromatic heterocycles. The number of hydrogen-bond donors (Lipinski definition) is 2. The standard InChI is InChI=1S/C20H18F2N2/c21-15-5-1-3-13(9-15)11-17-18(20(24)8-7-19(17)23)12-14-4-2-6-16(22)10-14/h1-10H,11-12,23-24H2. The minimum absolute atomic E-state index is 0.290. The number of nitrogens with two attached hydrogens (primary N) is 2. The van der Waals surface area contributed by atoms with E-state index in [1.54, 1.807) is 24.3 Å². The van der Waals surface area contributed by atoms with Gasteiger partial charge in [0.25, 0.3) is 0 Å². The number of halogens is 2. The monoisotopic (exact) mass is 324 g/mol. The summed E-state index contributed by atoms with van der Waals surface area (Å²) in [5.41, 5.74) is 16.8. The average molecular weight is 324 g/mol. The Labute approximate surface area is 139 Å². The largest absolute Gasteiger partial charge is 0.398 e. The van der Waals surface area contributed by atoms with Crippen molar-refractivity contribution < 1.29 is 8.78 Å². The topological polar surface area (TPSA) is 52.0 Å². The molecule has 3 aromatic carbocycles. The Morgan fingerprint density at radius 2 is 1.04 bits per heavy atom. The van der Waals surface area contributed by atoms with Gasteiger partial charge in [-0.1, -0.05) is 24.3 Å². The fourth-order valence-corrected chi connectivity index (χ4v) is 2.85. The normalized spacial score (nSPS) is 10.8. The summed E-state index contributed by atoms with van der Waals surface area (Å²) in [4.78, 5) is 0. The van der Waals surface area contributed by atoms with Crippen LogP contribution in [0.2, 0.25) is 0 Å². The predicted octanol–water partition coefficient (Wildman–Crippen LogP) is 4.31. The number of anilines is 2. The van der Waals surface area contributed by atoms with Crippen LogP contribution in [0.4, 0.5) is 20.2 Å². The first-order valence-corrected chi connectivity index (χ1v) is 7.67. The Kier molecular flexibility index (Phi) is 4.47. The molecule has 0 fully saturated rings. The van der Waals surface area contributed by atoms with Gasteiger partial charge in [-0.2, -0.15) is 0 Å². The Morgan fingerprint density at radius 3 is 1.42 bits per heavy atom. The Morgan fingerprint density at radius 1 is 0.625 bits per heavy atom. The molecule has 122 valence electrons. The van der Waals surface area contributed by atoms with Gasteiger partial charge in [-0.15, -0.1) is 0 Å². The molecule has 0 radical (unpaired) electrons. The first-order valence-electron chi connectivity index (χ1n) is 7.67. The molecule has 0 heterocycles. The van der Waals surface area contributed by atoms with Crippen molar-refractivity contribution in [3.8, 4) is 0 Å². The van der Waals surface area contributed by atoms with Crippen LogP contribution < -0.4 is 11.5 Å². The molecule has 2 nitrogen and oxygen atoms in total. The third kappa shape index (κ3) is 3.54. The zero-order valence-electron chi connectivity index (χ0n) is 13.1. The fourth-order valence-electron chi connectivity index (χ4n) is 2.85. The number of benzene rings is 3. The van der Waals surface area contributed by atoms with Gasteiger partial charge in [0.15, 0.2) is 0 Å². The van der Waals surface area contributed by atoms with Crippen LogP contribution in [-0.2, 0) is 12.8 Å². The lowest BCUT2D eigenvalue weighted by atomic mass is 9.92. The molecule has 0 aliphatic heterocycles. The van der Waals surface area contributed by atoms with E-state index in [1.807, 2.05) is 12.1 Å². The van der Waals surface area contributed by atoms with Gasteiger partial charge in [0.2, 0.25) is 0 Å². The summed E-state index contributed by atoms with van der Waals surface area (Å²) >= 11 is 0. The first-order chi connectivity index (χ1) is 11.5. The minimum atomic E-state index is -0.290. The second kappa shape index (κ2) is 6.71. The van der Waals surface area contributed by atoms with Gasteiger partial charge in [0, 0.05) is 11.4 Å². The van der Waals surface area contributed by atoms with E-state index in [0.717, 1.165) is 22.3 Å². The van der Waals surface area contributed by atoms with Gasteiger partial charge in [-0.25, -0.2) is 8.78 Å². The Bertz CT molecular complexity index is 803. The molecule has 0 aliphatic carbocycles. The van der Waals surface area contributed by atoms with Crippen LogP contribution >= 0.6 is 0 Å². The molecule has 0 amide bonds. The molecule has 0 unspecified atom stereocenters. The highest BCUT2D eigenvalue weighted by Crippen LogP contribution is 2.28. The highest BCUT2D eigenvalue weighted by atomic mass is 19.1. The molecule has 0 spiro atoms. The molecule has 24 heavy (non-hydrogen) atoms. The summed E-state index contributed by atoms with van der Waals surface area (Å²) in [6.45, 7) is 0. The SMILES string of the molecule is Nc1ccc(N)c(Cc2cccc(F)c2)c1Cc1cccc(F)c1. The number of rotatable bonds is 4. The van der Waals surface area contributed by atoms with Crippen molar-refractivity contribution in [2.24, 2.45) is 0 Å². The third-order valence-corrected chi connectivity index (χ3v) is 4.04. The maximum atomic E-state index is 13.4. The smallest absolute Gasteiger partial charge is 0.123 e. The molecular weight excluding hydrogens is 306 g/mol. The van der Waals surface area contributed by atoms with Crippen LogP contribution in [0.5, 0.6) is 0 Å². The molecule has 3 rings (SSSR count). The van der Waals surface area contributed by atoms with Crippen LogP contribution in [-0.4, -0.2) is 0 Å². The minimum Gasteiger partial charge on any atom is -0.398 e. The molecule has 0 saturated carbocycles. The molecule has 0 atom stereocenters. The van der Waals surface area contributed by atoms with Crippen molar-refractivity contribution in [2.45, 2.75) is 12.8 Å². The molecule has 0 saturated heterocycles. The highest BCUT2D eigenvalue weighted by Gasteiger charge is 2.12. The van der Waals surface area contributed by atoms with Crippen LogP contribution in [0.3, 0.4) is 0 Å². The molecule has 4 heteroatoms. The van der Waals surface area contributed by atoms with Crippen molar-refractivity contribution in [2.75, 3.05) is 11.5 Å². The van der Waals surface area contributed by atoms with E-state index >= 15 is 0 Å². The van der Waals surface area contributed by atoms with Gasteiger partial charge in [-0.3, -0.25) is 0 Å². The van der Waals surface area contributed by atoms with Crippen LogP contribution in [0, 0.1) is 11.6 Å². The maximum Gasteiger partial charge on any atom is 0.123 e. The van der Waals surface area contributed by atoms with E-state index in [4.69, 9.17) is 11.5 Å². The second-order valence-electron chi connectivity index (χ2n) is 5.81. The van der Waals surface area contributed by atoms with Gasteiger partial charge >= 0.3 is 0 Å². The van der Waals surface area contributed by atoms with Crippen molar-refractivity contribution in [1.29, 1.82) is 0 Å². The average Bonchev–Trinajstić information content (AvgIpc) is 2.54. The maximum absolute atomic E-state index is 13.4. The van der Waals surface area contributed by atoms with Crippen LogP contribution in [0.1, 0.15) is 22.3 Å². The quantitative estimate of drug-likeness (QED) is 0.703. The number of nitrogen functional groups attached to an aromatic ring is 2. The molecule has 0 bridgehead atoms. The van der Waals surface area contributed by atoms with Crippen molar-refractivity contribution >= 4 is 11.4 Å². The van der Waals surface area contributed by atoms with Crippen molar-refractivity contribution in [1.82, 2.24) is 0 Å². The summed E-state index contributed by atoms with van der Waals surface area (Å²) in [6.07, 6.45) is 0.943. The van der Waals surface area contributed by atoms with E-state index in [-0.39, 0.29) is 11.6 Å². The zero-order chi connectivity index (χ0) is 17.1. The van der Waals surface area contributed by atoms with Gasteiger partial charge in [-0.05, 0) is 71.5 Å². The lowest BCUT2D eigenvalue weighted by Crippen LogP contribution is -2.06. The van der Waals surface area contributed by atoms with Gasteiger partial charge in [0.05, 0.1) is 0 Å². The van der Waals surface area contributed by atoms with E-state index in [9.17, 15) is 8.78 Å². The second-order valence-corrected chi connectivity index (χ2v) is 5.81. The molecule has 0 aliphatic rings. The summed E-state index contributed by atoms with van der Waals surface area (Å²) in [6, 6.07) is 16.3. The fraction of sp³-hybridized carbons (Fsp3) is 0.100. The summed E-state index contributed by atoms with van der Waals surface area (Å²) in [5, 5.41) is 0. The van der Waals surface area contributed by atoms with Crippen LogP contribution in [0.15, 0.2) is 60.7 Å². The zero-order valence-corrected chi connectivity index (χ0v) is 13.1. The van der Waals surface area contributed by atoms with E-state index in [0.29, 0.717) is 24.2 Å². The van der Waals surface area contributed by atoms with E-state index in [2.05, 4.69) is 0 Å². The molecule has 4 N–H and O–H groups in total. The summed E-state index contributed by atoms with van der Waals surface area (Å²) in [7, 11) is 0. The molecule has 3 aromatic rings. The third-order valence-electron chi connectivity index (χ3n) is 4.04. The first kappa shape index (κ1) is 16.0. The summed E-state index contributed by atoms with van der Waals surface area (Å²) in [5.74, 6) is -0.580. The van der Waals surface area contributed by atoms with Gasteiger partial charge in [0.1, 0.15) is 11.6 Å². The lowest BCUT2D eigenvalue weighted by molar-refractivity contribution is 0.625. The van der Waals surface area contributed by atoms with Crippen LogP contribution in [0.25, 0.3) is 0 Å². The number of hydrogen-bond acceptors (Lipinski definition) is 2. The van der Waals surface area contributed by atoms with E-state index < -0.39 is 0 Å². The summed E-state index contributed by atoms with van der Waals surface area (Å²) < 4.78 is 26.9. The Hall–Kier alpha value is -2.88. The Balaban J connectivity index is 2.00. The predicted molar refractivity (Wildman–Crippen MR) is 93.7 cm³/mol. The highest BCUT2D eigenvalue weighted by molar-refractivity contribution is 5.64. The van der Waals surface area contributed by atoms with Gasteiger partial charge < -0.3 is 11.5 Å². The van der Waals surface area contributed by atoms with Crippen molar-refractivity contribution in [3.63, 3.8) is 0 Å². The molecular formula is C20H18F2N2.